The van der Waals surface area contributed by atoms with Gasteiger partial charge in [0.05, 0.1) is 0 Å². The van der Waals surface area contributed by atoms with Gasteiger partial charge in [0.15, 0.2) is 0 Å². The van der Waals surface area contributed by atoms with Crippen LogP contribution in [0, 0.1) is 13.8 Å². The van der Waals surface area contributed by atoms with Gasteiger partial charge in [-0.25, -0.2) is 0 Å². The van der Waals surface area contributed by atoms with Crippen molar-refractivity contribution in [1.29, 1.82) is 0 Å². The summed E-state index contributed by atoms with van der Waals surface area (Å²) in [4.78, 5) is 0. The van der Waals surface area contributed by atoms with Crippen LogP contribution in [0.2, 0.25) is 0 Å². The van der Waals surface area contributed by atoms with E-state index < -0.39 is 0 Å². The van der Waals surface area contributed by atoms with Crippen LogP contribution in [0.3, 0.4) is 0 Å². The number of rotatable bonds is 4. The number of ether oxygens (including phenoxy) is 1. The fraction of sp³-hybridized carbons (Fsp3) is 0.250. The monoisotopic (exact) mass is 304 g/mol. The Bertz CT molecular complexity index is 520. The highest BCUT2D eigenvalue weighted by molar-refractivity contribution is 9.08. The zero-order chi connectivity index (χ0) is 13.0. The van der Waals surface area contributed by atoms with Gasteiger partial charge < -0.3 is 4.74 Å². The number of hydrogen-bond acceptors (Lipinski definition) is 1. The molecule has 0 bridgehead atoms. The van der Waals surface area contributed by atoms with Gasteiger partial charge in [0, 0.05) is 5.33 Å². The lowest BCUT2D eigenvalue weighted by molar-refractivity contribution is 0.304. The van der Waals surface area contributed by atoms with Crippen molar-refractivity contribution in [2.45, 2.75) is 25.8 Å². The second-order valence-corrected chi connectivity index (χ2v) is 4.95. The van der Waals surface area contributed by atoms with Crippen molar-refractivity contribution >= 4 is 15.9 Å². The third-order valence-corrected chi connectivity index (χ3v) is 3.71. The van der Waals surface area contributed by atoms with E-state index in [1.54, 1.807) is 0 Å². The Balaban J connectivity index is 2.15. The van der Waals surface area contributed by atoms with Crippen molar-refractivity contribution in [3.8, 4) is 5.75 Å². The van der Waals surface area contributed by atoms with Gasteiger partial charge >= 0.3 is 0 Å². The Labute approximate surface area is 117 Å². The highest BCUT2D eigenvalue weighted by Gasteiger charge is 2.07. The van der Waals surface area contributed by atoms with Crippen molar-refractivity contribution in [1.82, 2.24) is 0 Å². The molecule has 0 aromatic heterocycles. The normalized spacial score (nSPS) is 10.4. The number of alkyl halides is 1. The number of halogens is 1. The summed E-state index contributed by atoms with van der Waals surface area (Å²) in [5.41, 5.74) is 5.04. The van der Waals surface area contributed by atoms with Gasteiger partial charge in [-0.05, 0) is 42.2 Å². The Hall–Kier alpha value is -1.28. The van der Waals surface area contributed by atoms with Crippen LogP contribution in [0.25, 0.3) is 0 Å². The standard InChI is InChI=1S/C16H17BrO/c1-12-8-9-16(13(2)15(12)10-17)18-11-14-6-4-3-5-7-14/h3-9H,10-11H2,1-2H3. The molecule has 0 radical (unpaired) electrons. The second-order valence-electron chi connectivity index (χ2n) is 4.39. The third kappa shape index (κ3) is 2.94. The maximum Gasteiger partial charge on any atom is 0.123 e. The van der Waals surface area contributed by atoms with Crippen molar-refractivity contribution in [2.75, 3.05) is 0 Å². The van der Waals surface area contributed by atoms with E-state index in [9.17, 15) is 0 Å². The first-order valence-corrected chi connectivity index (χ1v) is 7.16. The predicted octanol–water partition coefficient (Wildman–Crippen LogP) is 4.78. The molecule has 1 nitrogen and oxygen atoms in total. The van der Waals surface area contributed by atoms with E-state index in [-0.39, 0.29) is 0 Å². The van der Waals surface area contributed by atoms with E-state index in [2.05, 4.69) is 54.0 Å². The van der Waals surface area contributed by atoms with Crippen LogP contribution >= 0.6 is 15.9 Å². The van der Waals surface area contributed by atoms with Crippen LogP contribution in [-0.2, 0) is 11.9 Å². The maximum atomic E-state index is 5.90. The van der Waals surface area contributed by atoms with Crippen LogP contribution in [0.4, 0.5) is 0 Å². The average Bonchev–Trinajstić information content (AvgIpc) is 2.40. The molecule has 18 heavy (non-hydrogen) atoms. The first-order valence-electron chi connectivity index (χ1n) is 6.04. The molecule has 0 aliphatic rings. The van der Waals surface area contributed by atoms with E-state index in [1.165, 1.54) is 22.3 Å². The van der Waals surface area contributed by atoms with Crippen molar-refractivity contribution in [2.24, 2.45) is 0 Å². The molecule has 2 heteroatoms. The molecule has 0 heterocycles. The van der Waals surface area contributed by atoms with Crippen molar-refractivity contribution in [3.05, 3.63) is 64.7 Å². The van der Waals surface area contributed by atoms with Gasteiger partial charge in [0.1, 0.15) is 12.4 Å². The summed E-state index contributed by atoms with van der Waals surface area (Å²) in [5, 5.41) is 0.868. The first kappa shape index (κ1) is 13.2. The summed E-state index contributed by atoms with van der Waals surface area (Å²) < 4.78 is 5.90. The zero-order valence-corrected chi connectivity index (χ0v) is 12.3. The van der Waals surface area contributed by atoms with E-state index >= 15 is 0 Å². The number of aryl methyl sites for hydroxylation is 1. The minimum Gasteiger partial charge on any atom is -0.489 e. The molecule has 0 atom stereocenters. The SMILES string of the molecule is Cc1ccc(OCc2ccccc2)c(C)c1CBr. The largest absolute Gasteiger partial charge is 0.489 e. The summed E-state index contributed by atoms with van der Waals surface area (Å²) in [6, 6.07) is 14.4. The van der Waals surface area contributed by atoms with Gasteiger partial charge in [-0.2, -0.15) is 0 Å². The van der Waals surface area contributed by atoms with Crippen LogP contribution in [-0.4, -0.2) is 0 Å². The molecule has 2 rings (SSSR count). The summed E-state index contributed by atoms with van der Waals surface area (Å²) in [5.74, 6) is 0.971. The molecular formula is C16H17BrO. The van der Waals surface area contributed by atoms with Crippen molar-refractivity contribution in [3.63, 3.8) is 0 Å². The van der Waals surface area contributed by atoms with Crippen LogP contribution in [0.1, 0.15) is 22.3 Å². The number of benzene rings is 2. The van der Waals surface area contributed by atoms with E-state index in [0.29, 0.717) is 6.61 Å². The van der Waals surface area contributed by atoms with Gasteiger partial charge in [-0.1, -0.05) is 52.3 Å². The molecule has 0 saturated carbocycles. The first-order chi connectivity index (χ1) is 8.72. The van der Waals surface area contributed by atoms with Gasteiger partial charge in [-0.15, -0.1) is 0 Å². The second kappa shape index (κ2) is 6.05. The topological polar surface area (TPSA) is 9.23 Å². The minimum absolute atomic E-state index is 0.618. The molecule has 0 saturated heterocycles. The molecule has 2 aromatic carbocycles. The predicted molar refractivity (Wildman–Crippen MR) is 79.3 cm³/mol. The van der Waals surface area contributed by atoms with Gasteiger partial charge in [0.25, 0.3) is 0 Å². The van der Waals surface area contributed by atoms with E-state index in [4.69, 9.17) is 4.74 Å². The fourth-order valence-corrected chi connectivity index (χ4v) is 2.83. The smallest absolute Gasteiger partial charge is 0.123 e. The van der Waals surface area contributed by atoms with E-state index in [0.717, 1.165) is 11.1 Å². The molecule has 0 N–H and O–H groups in total. The Morgan fingerprint density at radius 3 is 2.39 bits per heavy atom. The summed E-state index contributed by atoms with van der Waals surface area (Å²) >= 11 is 3.53. The quantitative estimate of drug-likeness (QED) is 0.739. The van der Waals surface area contributed by atoms with Crippen LogP contribution in [0.5, 0.6) is 5.75 Å². The van der Waals surface area contributed by atoms with Gasteiger partial charge in [-0.3, -0.25) is 0 Å². The lowest BCUT2D eigenvalue weighted by atomic mass is 10.0. The Morgan fingerprint density at radius 2 is 1.72 bits per heavy atom. The molecule has 0 unspecified atom stereocenters. The summed E-state index contributed by atoms with van der Waals surface area (Å²) in [6.07, 6.45) is 0. The highest BCUT2D eigenvalue weighted by Crippen LogP contribution is 2.27. The third-order valence-electron chi connectivity index (χ3n) is 3.15. The summed E-state index contributed by atoms with van der Waals surface area (Å²) in [7, 11) is 0. The molecule has 0 aliphatic carbocycles. The molecule has 2 aromatic rings. The van der Waals surface area contributed by atoms with Crippen LogP contribution < -0.4 is 4.74 Å². The lowest BCUT2D eigenvalue weighted by Crippen LogP contribution is -1.99. The number of hydrogen-bond donors (Lipinski definition) is 0. The minimum atomic E-state index is 0.618. The molecule has 0 fully saturated rings. The average molecular weight is 305 g/mol. The molecule has 94 valence electrons. The highest BCUT2D eigenvalue weighted by atomic mass is 79.9. The van der Waals surface area contributed by atoms with Crippen LogP contribution in [0.15, 0.2) is 42.5 Å². The Kier molecular flexibility index (Phi) is 4.43. The Morgan fingerprint density at radius 1 is 1.00 bits per heavy atom. The molecular weight excluding hydrogens is 288 g/mol. The molecule has 0 amide bonds. The van der Waals surface area contributed by atoms with Crippen molar-refractivity contribution < 1.29 is 4.74 Å². The lowest BCUT2D eigenvalue weighted by Gasteiger charge is -2.13. The van der Waals surface area contributed by atoms with E-state index in [1.807, 2.05) is 18.2 Å². The molecule has 0 spiro atoms. The zero-order valence-electron chi connectivity index (χ0n) is 10.7. The summed E-state index contributed by atoms with van der Waals surface area (Å²) in [6.45, 7) is 4.86. The fourth-order valence-electron chi connectivity index (χ4n) is 1.97. The van der Waals surface area contributed by atoms with Gasteiger partial charge in [0.2, 0.25) is 0 Å². The maximum absolute atomic E-state index is 5.90. The molecule has 0 aliphatic heterocycles.